The van der Waals surface area contributed by atoms with E-state index in [9.17, 15) is 0 Å². The lowest BCUT2D eigenvalue weighted by atomic mass is 9.65. The molecule has 0 fully saturated rings. The van der Waals surface area contributed by atoms with E-state index < -0.39 is 10.8 Å². The SMILES string of the molecule is c1ccc(C2(c3ccccc3)c3ccccc3-c3ccc(N(c4ccc(-c5cccc6c5oc5ccccc56)cc4)c4ccc5c(c4)-n4c6ccccc6c6cccc(c64)C54c5ccccc5-c5ccccc54)cc32)cc1. The van der Waals surface area contributed by atoms with E-state index in [0.717, 1.165) is 50.1 Å². The Morgan fingerprint density at radius 2 is 0.818 bits per heavy atom. The van der Waals surface area contributed by atoms with Gasteiger partial charge in [-0.25, -0.2) is 0 Å². The molecule has 3 aliphatic rings. The third-order valence-corrected chi connectivity index (χ3v) is 17.5. The molecule has 3 heteroatoms. The summed E-state index contributed by atoms with van der Waals surface area (Å²) in [5.74, 6) is 0. The molecule has 2 aromatic heterocycles. The van der Waals surface area contributed by atoms with E-state index in [1.165, 1.54) is 94.3 Å². The molecule has 2 aliphatic carbocycles. The third-order valence-electron chi connectivity index (χ3n) is 17.5. The van der Waals surface area contributed by atoms with Crippen molar-refractivity contribution in [3.8, 4) is 39.1 Å². The summed E-state index contributed by atoms with van der Waals surface area (Å²) in [7, 11) is 0. The summed E-state index contributed by atoms with van der Waals surface area (Å²) in [6.07, 6.45) is 0. The van der Waals surface area contributed by atoms with Gasteiger partial charge in [0.15, 0.2) is 0 Å². The van der Waals surface area contributed by atoms with Crippen molar-refractivity contribution in [2.24, 2.45) is 0 Å². The average Bonchev–Trinajstić information content (AvgIpc) is 3.77. The number of hydrogen-bond acceptors (Lipinski definition) is 2. The minimum atomic E-state index is -0.573. The van der Waals surface area contributed by atoms with Crippen molar-refractivity contribution in [1.29, 1.82) is 0 Å². The Kier molecular flexibility index (Phi) is 8.69. The molecule has 3 nitrogen and oxygen atoms in total. The normalized spacial score (nSPS) is 13.9. The van der Waals surface area contributed by atoms with Gasteiger partial charge in [0.1, 0.15) is 11.2 Å². The molecule has 1 aliphatic heterocycles. The van der Waals surface area contributed by atoms with Crippen LogP contribution >= 0.6 is 0 Å². The molecule has 0 atom stereocenters. The number of aromatic nitrogens is 1. The molecule has 358 valence electrons. The van der Waals surface area contributed by atoms with Crippen molar-refractivity contribution in [2.45, 2.75) is 10.8 Å². The van der Waals surface area contributed by atoms with E-state index in [1.54, 1.807) is 0 Å². The topological polar surface area (TPSA) is 21.3 Å². The lowest BCUT2D eigenvalue weighted by Crippen LogP contribution is -2.33. The molecule has 0 saturated heterocycles. The van der Waals surface area contributed by atoms with E-state index in [0.29, 0.717) is 0 Å². The molecule has 0 amide bonds. The predicted octanol–water partition coefficient (Wildman–Crippen LogP) is 18.9. The molecule has 0 radical (unpaired) electrons. The summed E-state index contributed by atoms with van der Waals surface area (Å²) in [4.78, 5) is 2.49. The van der Waals surface area contributed by atoms with Crippen LogP contribution in [0.2, 0.25) is 0 Å². The van der Waals surface area contributed by atoms with Gasteiger partial charge < -0.3 is 13.9 Å². The molecule has 3 heterocycles. The Morgan fingerprint density at radius 3 is 1.53 bits per heavy atom. The van der Waals surface area contributed by atoms with Gasteiger partial charge in [-0.05, 0) is 121 Å². The Bertz CT molecular complexity index is 4670. The van der Waals surface area contributed by atoms with Gasteiger partial charge in [0, 0.05) is 44.2 Å². The van der Waals surface area contributed by atoms with E-state index in [1.807, 2.05) is 6.07 Å². The smallest absolute Gasteiger partial charge is 0.143 e. The summed E-state index contributed by atoms with van der Waals surface area (Å²) < 4.78 is 9.18. The van der Waals surface area contributed by atoms with Crippen LogP contribution in [0.5, 0.6) is 0 Å². The fourth-order valence-electron chi connectivity index (χ4n) is 14.5. The van der Waals surface area contributed by atoms with E-state index >= 15 is 0 Å². The zero-order chi connectivity index (χ0) is 50.4. The maximum absolute atomic E-state index is 6.61. The van der Waals surface area contributed by atoms with E-state index in [4.69, 9.17) is 4.42 Å². The largest absolute Gasteiger partial charge is 0.455 e. The summed E-state index contributed by atoms with van der Waals surface area (Å²) >= 11 is 0. The van der Waals surface area contributed by atoms with Crippen LogP contribution in [0, 0.1) is 0 Å². The zero-order valence-electron chi connectivity index (χ0n) is 41.9. The van der Waals surface area contributed by atoms with Crippen molar-refractivity contribution >= 4 is 60.8 Å². The highest BCUT2D eigenvalue weighted by Crippen LogP contribution is 2.62. The highest BCUT2D eigenvalue weighted by molar-refractivity contribution is 6.13. The second kappa shape index (κ2) is 15.8. The number of fused-ring (bicyclic) bond motifs is 18. The molecular weight excluding hydrogens is 933 g/mol. The molecule has 1 spiro atoms. The van der Waals surface area contributed by atoms with Crippen molar-refractivity contribution in [1.82, 2.24) is 4.57 Å². The minimum absolute atomic E-state index is 0.556. The molecular formula is C74H46N2O. The van der Waals surface area contributed by atoms with E-state index in [-0.39, 0.29) is 0 Å². The number of nitrogens with zero attached hydrogens (tertiary/aromatic N) is 2. The predicted molar refractivity (Wildman–Crippen MR) is 316 cm³/mol. The maximum atomic E-state index is 6.61. The Balaban J connectivity index is 0.944. The molecule has 14 aromatic rings. The molecule has 12 aromatic carbocycles. The standard InChI is InChI=1S/C74H46N2O/c1-3-19-48(20-4-1)73(49-21-5-2-6-22-49)62-31-12-7-25-56(62)57-43-41-51(45-67(57)73)75(50-39-37-47(38-40-50)53-28-17-30-61-59-27-11-16-36-70(59)77-72(53)61)52-42-44-65-69(46-52)76-68-35-15-10-26-58(68)60-29-18-34-66(71(60)76)74(65)63-32-13-8-23-54(63)55-24-9-14-33-64(55)74/h1-46H. The van der Waals surface area contributed by atoms with Crippen LogP contribution in [0.4, 0.5) is 17.1 Å². The van der Waals surface area contributed by atoms with Gasteiger partial charge >= 0.3 is 0 Å². The number of rotatable bonds is 6. The molecule has 0 saturated carbocycles. The van der Waals surface area contributed by atoms with Crippen molar-refractivity contribution in [3.05, 3.63) is 324 Å². The number of benzene rings is 12. The lowest BCUT2D eigenvalue weighted by molar-refractivity contribution is 0.670. The number of furan rings is 1. The van der Waals surface area contributed by atoms with Crippen LogP contribution in [0.3, 0.4) is 0 Å². The first-order valence-electron chi connectivity index (χ1n) is 26.7. The highest BCUT2D eigenvalue weighted by Gasteiger charge is 2.51. The zero-order valence-corrected chi connectivity index (χ0v) is 41.9. The van der Waals surface area contributed by atoms with Crippen molar-refractivity contribution in [2.75, 3.05) is 4.90 Å². The highest BCUT2D eigenvalue weighted by atomic mass is 16.3. The second-order valence-electron chi connectivity index (χ2n) is 21.0. The third kappa shape index (κ3) is 5.54. The van der Waals surface area contributed by atoms with Gasteiger partial charge in [0.2, 0.25) is 0 Å². The first kappa shape index (κ1) is 42.4. The Morgan fingerprint density at radius 1 is 0.312 bits per heavy atom. The van der Waals surface area contributed by atoms with Crippen molar-refractivity contribution in [3.63, 3.8) is 0 Å². The van der Waals surface area contributed by atoms with Crippen LogP contribution in [-0.4, -0.2) is 4.57 Å². The molecule has 0 unspecified atom stereocenters. The quantitative estimate of drug-likeness (QED) is 0.166. The fourth-order valence-corrected chi connectivity index (χ4v) is 14.5. The van der Waals surface area contributed by atoms with Gasteiger partial charge in [0.25, 0.3) is 0 Å². The minimum Gasteiger partial charge on any atom is -0.455 e. The molecule has 17 rings (SSSR count). The van der Waals surface area contributed by atoms with Crippen LogP contribution in [0.1, 0.15) is 44.5 Å². The van der Waals surface area contributed by atoms with Crippen LogP contribution in [0.15, 0.2) is 283 Å². The Labute approximate surface area is 445 Å². The summed E-state index contributed by atoms with van der Waals surface area (Å²) in [5.41, 5.74) is 25.0. The van der Waals surface area contributed by atoms with Gasteiger partial charge in [0.05, 0.1) is 27.6 Å². The van der Waals surface area contributed by atoms with Gasteiger partial charge in [-0.3, -0.25) is 0 Å². The molecule has 77 heavy (non-hydrogen) atoms. The molecule has 0 N–H and O–H groups in total. The fraction of sp³-hybridized carbons (Fsp3) is 0.0270. The monoisotopic (exact) mass is 978 g/mol. The van der Waals surface area contributed by atoms with Crippen molar-refractivity contribution < 1.29 is 4.42 Å². The first-order valence-corrected chi connectivity index (χ1v) is 26.7. The summed E-state index contributed by atoms with van der Waals surface area (Å²) in [6, 6.07) is 104. The second-order valence-corrected chi connectivity index (χ2v) is 21.0. The number of para-hydroxylation sites is 4. The van der Waals surface area contributed by atoms with Crippen LogP contribution in [0.25, 0.3) is 82.8 Å². The first-order chi connectivity index (χ1) is 38.2. The van der Waals surface area contributed by atoms with E-state index in [2.05, 4.69) is 282 Å². The van der Waals surface area contributed by atoms with Crippen LogP contribution in [-0.2, 0) is 10.8 Å². The van der Waals surface area contributed by atoms with Gasteiger partial charge in [-0.15, -0.1) is 0 Å². The molecule has 0 bridgehead atoms. The lowest BCUT2D eigenvalue weighted by Gasteiger charge is -2.40. The Hall–Kier alpha value is -9.96. The number of hydrogen-bond donors (Lipinski definition) is 0. The summed E-state index contributed by atoms with van der Waals surface area (Å²) in [5, 5.41) is 4.76. The average molecular weight is 979 g/mol. The van der Waals surface area contributed by atoms with Gasteiger partial charge in [-0.2, -0.15) is 0 Å². The maximum Gasteiger partial charge on any atom is 0.143 e. The summed E-state index contributed by atoms with van der Waals surface area (Å²) in [6.45, 7) is 0. The van der Waals surface area contributed by atoms with Crippen LogP contribution < -0.4 is 4.90 Å². The van der Waals surface area contributed by atoms with Gasteiger partial charge in [-0.1, -0.05) is 231 Å². The number of anilines is 3.